The van der Waals surface area contributed by atoms with Gasteiger partial charge in [0.1, 0.15) is 11.3 Å². The summed E-state index contributed by atoms with van der Waals surface area (Å²) in [5.41, 5.74) is 1.60. The van der Waals surface area contributed by atoms with Crippen molar-refractivity contribution in [3.8, 4) is 5.75 Å². The zero-order valence-electron chi connectivity index (χ0n) is 14.0. The fourth-order valence-corrected chi connectivity index (χ4v) is 3.12. The molecule has 1 aliphatic rings. The van der Waals surface area contributed by atoms with Gasteiger partial charge in [-0.15, -0.1) is 0 Å². The maximum atomic E-state index is 12.4. The lowest BCUT2D eigenvalue weighted by molar-refractivity contribution is 0.156. The van der Waals surface area contributed by atoms with Crippen molar-refractivity contribution < 1.29 is 18.7 Å². The van der Waals surface area contributed by atoms with Crippen LogP contribution in [0, 0.1) is 0 Å². The number of hydrogen-bond acceptors (Lipinski definition) is 6. The second-order valence-electron chi connectivity index (χ2n) is 5.53. The molecule has 3 rings (SSSR count). The van der Waals surface area contributed by atoms with Gasteiger partial charge in [0.05, 0.1) is 25.8 Å². The molecule has 1 aliphatic heterocycles. The number of amides is 1. The van der Waals surface area contributed by atoms with E-state index in [4.69, 9.17) is 26.1 Å². The summed E-state index contributed by atoms with van der Waals surface area (Å²) in [6.07, 6.45) is 0.0185. The molecule has 25 heavy (non-hydrogen) atoms. The molecule has 0 aliphatic carbocycles. The van der Waals surface area contributed by atoms with Gasteiger partial charge in [-0.05, 0) is 43.3 Å². The van der Waals surface area contributed by atoms with Crippen molar-refractivity contribution in [1.82, 2.24) is 10.2 Å². The molecular weight excluding hydrogens is 344 g/mol. The number of fused-ring (bicyclic) bond motifs is 3. The first kappa shape index (κ1) is 17.2. The van der Waals surface area contributed by atoms with Crippen LogP contribution in [0.3, 0.4) is 0 Å². The summed E-state index contributed by atoms with van der Waals surface area (Å²) in [5, 5.41) is 3.62. The van der Waals surface area contributed by atoms with Crippen LogP contribution in [0.2, 0.25) is 0 Å². The highest BCUT2D eigenvalue weighted by Gasteiger charge is 2.25. The van der Waals surface area contributed by atoms with Gasteiger partial charge in [-0.2, -0.15) is 0 Å². The lowest BCUT2D eigenvalue weighted by Gasteiger charge is -2.30. The summed E-state index contributed by atoms with van der Waals surface area (Å²) in [6.45, 7) is 2.84. The van der Waals surface area contributed by atoms with E-state index < -0.39 is 11.7 Å². The molecule has 0 atom stereocenters. The summed E-state index contributed by atoms with van der Waals surface area (Å²) < 4.78 is 15.4. The molecule has 132 valence electrons. The third-order valence-electron chi connectivity index (χ3n) is 4.08. The predicted octanol–water partition coefficient (Wildman–Crippen LogP) is 2.19. The summed E-state index contributed by atoms with van der Waals surface area (Å²) in [4.78, 5) is 25.6. The van der Waals surface area contributed by atoms with Crippen LogP contribution in [0.5, 0.6) is 5.75 Å². The third-order valence-corrected chi connectivity index (χ3v) is 4.44. The Hall–Kier alpha value is -2.61. The second kappa shape index (κ2) is 7.10. The van der Waals surface area contributed by atoms with Crippen molar-refractivity contribution in [3.05, 3.63) is 39.7 Å². The van der Waals surface area contributed by atoms with E-state index >= 15 is 0 Å². The summed E-state index contributed by atoms with van der Waals surface area (Å²) in [5.74, 6) is 0.632. The molecule has 2 heterocycles. The SMILES string of the molecule is CCOC(=O)NC(=S)N1CCc2c(c(=O)oc3cc(OC)ccc23)C1. The van der Waals surface area contributed by atoms with Gasteiger partial charge in [0, 0.05) is 18.0 Å². The average molecular weight is 362 g/mol. The number of benzene rings is 1. The van der Waals surface area contributed by atoms with Crippen molar-refractivity contribution in [2.45, 2.75) is 19.9 Å². The van der Waals surface area contributed by atoms with Gasteiger partial charge in [0.15, 0.2) is 5.11 Å². The molecule has 0 saturated carbocycles. The minimum Gasteiger partial charge on any atom is -0.497 e. The fraction of sp³-hybridized carbons (Fsp3) is 0.353. The monoisotopic (exact) mass is 362 g/mol. The van der Waals surface area contributed by atoms with Gasteiger partial charge in [0.2, 0.25) is 0 Å². The van der Waals surface area contributed by atoms with E-state index in [2.05, 4.69) is 5.32 Å². The van der Waals surface area contributed by atoms with Crippen molar-refractivity contribution in [3.63, 3.8) is 0 Å². The fourth-order valence-electron chi connectivity index (χ4n) is 2.88. The van der Waals surface area contributed by atoms with Crippen molar-refractivity contribution >= 4 is 34.4 Å². The van der Waals surface area contributed by atoms with E-state index in [9.17, 15) is 9.59 Å². The maximum absolute atomic E-state index is 12.4. The first-order chi connectivity index (χ1) is 12.0. The van der Waals surface area contributed by atoms with Gasteiger partial charge in [0.25, 0.3) is 0 Å². The molecule has 0 spiro atoms. The Kier molecular flexibility index (Phi) is 4.89. The summed E-state index contributed by atoms with van der Waals surface area (Å²) in [7, 11) is 1.56. The van der Waals surface area contributed by atoms with Crippen molar-refractivity contribution in [2.24, 2.45) is 0 Å². The van der Waals surface area contributed by atoms with Gasteiger partial charge in [-0.25, -0.2) is 9.59 Å². The molecule has 0 radical (unpaired) electrons. The minimum absolute atomic E-state index is 0.235. The third kappa shape index (κ3) is 3.43. The summed E-state index contributed by atoms with van der Waals surface area (Å²) in [6, 6.07) is 5.43. The smallest absolute Gasteiger partial charge is 0.413 e. The molecule has 0 fully saturated rings. The number of nitrogens with one attached hydrogen (secondary N) is 1. The van der Waals surface area contributed by atoms with Crippen molar-refractivity contribution in [2.75, 3.05) is 20.3 Å². The predicted molar refractivity (Wildman–Crippen MR) is 95.9 cm³/mol. The van der Waals surface area contributed by atoms with E-state index in [1.807, 2.05) is 12.1 Å². The van der Waals surface area contributed by atoms with Crippen LogP contribution in [-0.4, -0.2) is 36.4 Å². The Labute approximate surface area is 149 Å². The van der Waals surface area contributed by atoms with E-state index in [0.29, 0.717) is 29.9 Å². The normalized spacial score (nSPS) is 13.3. The number of hydrogen-bond donors (Lipinski definition) is 1. The first-order valence-corrected chi connectivity index (χ1v) is 8.29. The molecule has 1 aromatic carbocycles. The standard InChI is InChI=1S/C17H18N2O5S/c1-3-23-17(21)18-16(25)19-7-6-11-12-5-4-10(22-2)8-14(12)24-15(20)13(11)9-19/h4-5,8H,3,6-7,9H2,1-2H3,(H,18,21,25). The van der Waals surface area contributed by atoms with Crippen LogP contribution in [-0.2, 0) is 17.7 Å². The van der Waals surface area contributed by atoms with Gasteiger partial charge < -0.3 is 18.8 Å². The molecular formula is C17H18N2O5S. The second-order valence-corrected chi connectivity index (χ2v) is 5.92. The first-order valence-electron chi connectivity index (χ1n) is 7.88. The molecule has 1 N–H and O–H groups in total. The number of carbonyl (C=O) groups is 1. The highest BCUT2D eigenvalue weighted by molar-refractivity contribution is 7.80. The van der Waals surface area contributed by atoms with Gasteiger partial charge in [-0.3, -0.25) is 5.32 Å². The molecule has 2 aromatic rings. The van der Waals surface area contributed by atoms with Gasteiger partial charge >= 0.3 is 11.7 Å². The molecule has 7 nitrogen and oxygen atoms in total. The lowest BCUT2D eigenvalue weighted by Crippen LogP contribution is -2.46. The molecule has 0 bridgehead atoms. The van der Waals surface area contributed by atoms with E-state index in [-0.39, 0.29) is 18.3 Å². The van der Waals surface area contributed by atoms with E-state index in [1.54, 1.807) is 25.0 Å². The lowest BCUT2D eigenvalue weighted by atomic mass is 9.98. The van der Waals surface area contributed by atoms with Crippen LogP contribution < -0.4 is 15.7 Å². The van der Waals surface area contributed by atoms with Crippen molar-refractivity contribution in [1.29, 1.82) is 0 Å². The highest BCUT2D eigenvalue weighted by Crippen LogP contribution is 2.27. The minimum atomic E-state index is -0.601. The Morgan fingerprint density at radius 3 is 2.92 bits per heavy atom. The molecule has 1 aromatic heterocycles. The number of alkyl carbamates (subject to hydrolysis) is 1. The quantitative estimate of drug-likeness (QED) is 0.648. The highest BCUT2D eigenvalue weighted by atomic mass is 32.1. The van der Waals surface area contributed by atoms with Crippen LogP contribution in [0.15, 0.2) is 27.4 Å². The average Bonchev–Trinajstić information content (AvgIpc) is 2.61. The molecule has 0 saturated heterocycles. The zero-order chi connectivity index (χ0) is 18.0. The van der Waals surface area contributed by atoms with Crippen LogP contribution in [0.1, 0.15) is 18.1 Å². The molecule has 1 amide bonds. The van der Waals surface area contributed by atoms with Crippen LogP contribution in [0.4, 0.5) is 4.79 Å². The molecule has 0 unspecified atom stereocenters. The van der Waals surface area contributed by atoms with E-state index in [1.165, 1.54) is 0 Å². The Bertz CT molecular complexity index is 892. The number of rotatable bonds is 2. The number of thiocarbonyl (C=S) groups is 1. The Morgan fingerprint density at radius 1 is 1.40 bits per heavy atom. The number of ether oxygens (including phenoxy) is 2. The number of nitrogens with zero attached hydrogens (tertiary/aromatic N) is 1. The molecule has 8 heteroatoms. The van der Waals surface area contributed by atoms with Gasteiger partial charge in [-0.1, -0.05) is 0 Å². The van der Waals surface area contributed by atoms with E-state index in [0.717, 1.165) is 10.9 Å². The maximum Gasteiger partial charge on any atom is 0.413 e. The van der Waals surface area contributed by atoms with Crippen LogP contribution in [0.25, 0.3) is 11.0 Å². The summed E-state index contributed by atoms with van der Waals surface area (Å²) >= 11 is 5.23. The Morgan fingerprint density at radius 2 is 2.20 bits per heavy atom. The zero-order valence-corrected chi connectivity index (χ0v) is 14.8. The largest absolute Gasteiger partial charge is 0.497 e. The number of carbonyl (C=O) groups excluding carboxylic acids is 1. The number of methoxy groups -OCH3 is 1. The van der Waals surface area contributed by atoms with Crippen LogP contribution >= 0.6 is 12.2 Å². The Balaban J connectivity index is 1.88. The topological polar surface area (TPSA) is 81.0 Å².